The van der Waals surface area contributed by atoms with Crippen LogP contribution in [0.2, 0.25) is 0 Å². The molecular formula is C17H32N2O2. The molecule has 0 aromatic rings. The van der Waals surface area contributed by atoms with Gasteiger partial charge in [0.15, 0.2) is 0 Å². The van der Waals surface area contributed by atoms with Gasteiger partial charge < -0.3 is 9.80 Å². The predicted octanol–water partition coefficient (Wildman–Crippen LogP) is 2.92. The molecule has 2 amide bonds. The van der Waals surface area contributed by atoms with Crippen molar-refractivity contribution in [2.75, 3.05) is 26.2 Å². The highest BCUT2D eigenvalue weighted by Crippen LogP contribution is 2.17. The van der Waals surface area contributed by atoms with E-state index in [1.54, 1.807) is 0 Å². The number of hydrogen-bond donors (Lipinski definition) is 0. The van der Waals surface area contributed by atoms with Gasteiger partial charge in [-0.15, -0.1) is 0 Å². The summed E-state index contributed by atoms with van der Waals surface area (Å²) in [6.07, 6.45) is 4.52. The maximum absolute atomic E-state index is 12.5. The Morgan fingerprint density at radius 3 is 1.33 bits per heavy atom. The second-order valence-electron chi connectivity index (χ2n) is 6.03. The minimum atomic E-state index is 0.145. The zero-order valence-electron chi connectivity index (χ0n) is 14.2. The molecule has 0 aliphatic carbocycles. The van der Waals surface area contributed by atoms with Crippen molar-refractivity contribution in [1.82, 2.24) is 9.80 Å². The Kier molecular flexibility index (Phi) is 7.76. The lowest BCUT2D eigenvalue weighted by atomic mass is 10.0. The molecule has 1 rings (SSSR count). The Hall–Kier alpha value is -1.06. The Balaban J connectivity index is 2.61. The van der Waals surface area contributed by atoms with E-state index in [-0.39, 0.29) is 23.7 Å². The van der Waals surface area contributed by atoms with E-state index < -0.39 is 0 Å². The molecule has 0 unspecified atom stereocenters. The Morgan fingerprint density at radius 2 is 1.05 bits per heavy atom. The lowest BCUT2D eigenvalue weighted by Crippen LogP contribution is -2.41. The number of rotatable bonds is 6. The summed E-state index contributed by atoms with van der Waals surface area (Å²) in [4.78, 5) is 28.9. The van der Waals surface area contributed by atoms with Crippen molar-refractivity contribution in [3.63, 3.8) is 0 Å². The van der Waals surface area contributed by atoms with Crippen molar-refractivity contribution in [2.45, 2.75) is 59.8 Å². The van der Waals surface area contributed by atoms with Crippen molar-refractivity contribution in [3.05, 3.63) is 0 Å². The highest BCUT2D eigenvalue weighted by molar-refractivity contribution is 5.80. The lowest BCUT2D eigenvalue weighted by molar-refractivity contribution is -0.138. The topological polar surface area (TPSA) is 40.6 Å². The third kappa shape index (κ3) is 4.72. The van der Waals surface area contributed by atoms with Gasteiger partial charge in [-0.25, -0.2) is 0 Å². The summed E-state index contributed by atoms with van der Waals surface area (Å²) in [7, 11) is 0. The second kappa shape index (κ2) is 9.06. The summed E-state index contributed by atoms with van der Waals surface area (Å²) in [6, 6.07) is 0. The van der Waals surface area contributed by atoms with Crippen LogP contribution in [-0.4, -0.2) is 47.8 Å². The normalized spacial score (nSPS) is 16.5. The first kappa shape index (κ1) is 18.0. The van der Waals surface area contributed by atoms with E-state index in [4.69, 9.17) is 0 Å². The van der Waals surface area contributed by atoms with E-state index in [0.29, 0.717) is 13.1 Å². The molecule has 1 aliphatic heterocycles. The predicted molar refractivity (Wildman–Crippen MR) is 85.9 cm³/mol. The number of amides is 2. The first-order valence-corrected chi connectivity index (χ1v) is 8.66. The van der Waals surface area contributed by atoms with Gasteiger partial charge in [0.25, 0.3) is 0 Å². The summed E-state index contributed by atoms with van der Waals surface area (Å²) in [5.74, 6) is 0.839. The molecule has 0 atom stereocenters. The summed E-state index contributed by atoms with van der Waals surface area (Å²) in [6.45, 7) is 11.3. The van der Waals surface area contributed by atoms with Crippen molar-refractivity contribution in [1.29, 1.82) is 0 Å². The van der Waals surface area contributed by atoms with E-state index in [1.807, 2.05) is 9.80 Å². The first-order valence-electron chi connectivity index (χ1n) is 8.66. The van der Waals surface area contributed by atoms with Crippen LogP contribution in [0.3, 0.4) is 0 Å². The van der Waals surface area contributed by atoms with E-state index in [9.17, 15) is 9.59 Å². The molecule has 1 heterocycles. The standard InChI is InChI=1S/C17H32N2O2/c1-5-14(6-2)16(20)18-10-9-11-19(13-12-18)17(21)15(7-3)8-4/h14-15H,5-13H2,1-4H3. The molecule has 0 spiro atoms. The summed E-state index contributed by atoms with van der Waals surface area (Å²) < 4.78 is 0. The van der Waals surface area contributed by atoms with E-state index in [1.165, 1.54) is 0 Å². The minimum Gasteiger partial charge on any atom is -0.341 e. The van der Waals surface area contributed by atoms with Gasteiger partial charge in [-0.2, -0.15) is 0 Å². The molecule has 0 bridgehead atoms. The van der Waals surface area contributed by atoms with Crippen LogP contribution in [0.4, 0.5) is 0 Å². The zero-order valence-corrected chi connectivity index (χ0v) is 14.2. The highest BCUT2D eigenvalue weighted by atomic mass is 16.2. The van der Waals surface area contributed by atoms with Gasteiger partial charge in [0.1, 0.15) is 0 Å². The number of carbonyl (C=O) groups is 2. The third-order valence-corrected chi connectivity index (χ3v) is 4.79. The van der Waals surface area contributed by atoms with Gasteiger partial charge in [0, 0.05) is 38.0 Å². The van der Waals surface area contributed by atoms with Crippen molar-refractivity contribution in [3.8, 4) is 0 Å². The molecule has 0 aromatic carbocycles. The largest absolute Gasteiger partial charge is 0.341 e. The maximum Gasteiger partial charge on any atom is 0.225 e. The van der Waals surface area contributed by atoms with Crippen LogP contribution in [0.15, 0.2) is 0 Å². The van der Waals surface area contributed by atoms with Crippen LogP contribution in [-0.2, 0) is 9.59 Å². The van der Waals surface area contributed by atoms with Crippen molar-refractivity contribution in [2.24, 2.45) is 11.8 Å². The molecule has 4 heteroatoms. The van der Waals surface area contributed by atoms with Crippen LogP contribution in [0.1, 0.15) is 59.8 Å². The van der Waals surface area contributed by atoms with Gasteiger partial charge in [-0.05, 0) is 32.1 Å². The summed E-state index contributed by atoms with van der Waals surface area (Å²) in [5, 5.41) is 0. The third-order valence-electron chi connectivity index (χ3n) is 4.79. The SMILES string of the molecule is CCC(CC)C(=O)N1CCCN(C(=O)C(CC)CC)CC1. The fourth-order valence-electron chi connectivity index (χ4n) is 3.15. The van der Waals surface area contributed by atoms with Crippen LogP contribution >= 0.6 is 0 Å². The molecule has 0 saturated carbocycles. The van der Waals surface area contributed by atoms with Crippen LogP contribution in [0.5, 0.6) is 0 Å². The molecule has 4 nitrogen and oxygen atoms in total. The Bertz CT molecular complexity index is 304. The van der Waals surface area contributed by atoms with Crippen molar-refractivity contribution >= 4 is 11.8 Å². The van der Waals surface area contributed by atoms with Gasteiger partial charge >= 0.3 is 0 Å². The molecule has 21 heavy (non-hydrogen) atoms. The van der Waals surface area contributed by atoms with Gasteiger partial charge in [-0.1, -0.05) is 27.7 Å². The molecule has 0 aromatic heterocycles. The minimum absolute atomic E-state index is 0.145. The van der Waals surface area contributed by atoms with Crippen molar-refractivity contribution < 1.29 is 9.59 Å². The molecular weight excluding hydrogens is 264 g/mol. The van der Waals surface area contributed by atoms with Crippen LogP contribution in [0.25, 0.3) is 0 Å². The first-order chi connectivity index (χ1) is 10.1. The maximum atomic E-state index is 12.5. The molecule has 0 radical (unpaired) electrons. The number of nitrogens with zero attached hydrogens (tertiary/aromatic N) is 2. The molecule has 1 aliphatic rings. The zero-order chi connectivity index (χ0) is 15.8. The van der Waals surface area contributed by atoms with E-state index >= 15 is 0 Å². The lowest BCUT2D eigenvalue weighted by Gasteiger charge is -2.26. The van der Waals surface area contributed by atoms with Crippen LogP contribution in [0, 0.1) is 11.8 Å². The quantitative estimate of drug-likeness (QED) is 0.756. The van der Waals surface area contributed by atoms with Gasteiger partial charge in [0.2, 0.25) is 11.8 Å². The average Bonchev–Trinajstić information content (AvgIpc) is 2.75. The summed E-state index contributed by atoms with van der Waals surface area (Å²) in [5.41, 5.74) is 0. The van der Waals surface area contributed by atoms with E-state index in [2.05, 4.69) is 27.7 Å². The number of hydrogen-bond acceptors (Lipinski definition) is 2. The molecule has 122 valence electrons. The average molecular weight is 296 g/mol. The highest BCUT2D eigenvalue weighted by Gasteiger charge is 2.27. The van der Waals surface area contributed by atoms with E-state index in [0.717, 1.165) is 45.2 Å². The smallest absolute Gasteiger partial charge is 0.225 e. The summed E-state index contributed by atoms with van der Waals surface area (Å²) >= 11 is 0. The van der Waals surface area contributed by atoms with Gasteiger partial charge in [-0.3, -0.25) is 9.59 Å². The molecule has 1 saturated heterocycles. The molecule has 0 N–H and O–H groups in total. The molecule has 1 fully saturated rings. The van der Waals surface area contributed by atoms with Gasteiger partial charge in [0.05, 0.1) is 0 Å². The fraction of sp³-hybridized carbons (Fsp3) is 0.882. The fourth-order valence-corrected chi connectivity index (χ4v) is 3.15. The monoisotopic (exact) mass is 296 g/mol. The Labute approximate surface area is 129 Å². The van der Waals surface area contributed by atoms with Crippen LogP contribution < -0.4 is 0 Å². The number of carbonyl (C=O) groups excluding carboxylic acids is 2. The second-order valence-corrected chi connectivity index (χ2v) is 6.03. The Morgan fingerprint density at radius 1 is 0.714 bits per heavy atom.